The first-order valence-electron chi connectivity index (χ1n) is 4.65. The van der Waals surface area contributed by atoms with Crippen molar-refractivity contribution in [3.8, 4) is 0 Å². The van der Waals surface area contributed by atoms with Gasteiger partial charge in [0.2, 0.25) is 0 Å². The molecule has 0 atom stereocenters. The molecule has 14 heavy (non-hydrogen) atoms. The minimum atomic E-state index is 0.351. The second-order valence-corrected chi connectivity index (χ2v) is 4.96. The Morgan fingerprint density at radius 2 is 2.36 bits per heavy atom. The van der Waals surface area contributed by atoms with Gasteiger partial charge in [0.1, 0.15) is 0 Å². The van der Waals surface area contributed by atoms with Gasteiger partial charge in [0.25, 0.3) is 0 Å². The summed E-state index contributed by atoms with van der Waals surface area (Å²) in [5.74, 6) is 0.753. The number of hydrogen-bond donors (Lipinski definition) is 1. The van der Waals surface area contributed by atoms with Crippen LogP contribution in [-0.4, -0.2) is 17.4 Å². The summed E-state index contributed by atoms with van der Waals surface area (Å²) >= 11 is 9.35. The lowest BCUT2D eigenvalue weighted by Crippen LogP contribution is -2.16. The average Bonchev–Trinajstić information content (AvgIpc) is 2.98. The predicted octanol–water partition coefficient (Wildman–Crippen LogP) is 3.28. The molecule has 2 nitrogen and oxygen atoms in total. The van der Waals surface area contributed by atoms with Crippen molar-refractivity contribution in [1.82, 2.24) is 4.98 Å². The quantitative estimate of drug-likeness (QED) is 0.853. The predicted molar refractivity (Wildman–Crippen MR) is 62.8 cm³/mol. The Balaban J connectivity index is 1.95. The van der Waals surface area contributed by atoms with E-state index in [0.29, 0.717) is 5.41 Å². The van der Waals surface area contributed by atoms with Crippen LogP contribution in [0.5, 0.6) is 0 Å². The third-order valence-corrected chi connectivity index (χ3v) is 3.87. The molecule has 1 aliphatic rings. The first kappa shape index (κ1) is 10.2. The van der Waals surface area contributed by atoms with Crippen molar-refractivity contribution >= 4 is 33.2 Å². The molecule has 0 aliphatic heterocycles. The van der Waals surface area contributed by atoms with Gasteiger partial charge in [-0.15, -0.1) is 11.6 Å². The second-order valence-electron chi connectivity index (χ2n) is 3.84. The molecular weight excluding hydrogens is 263 g/mol. The lowest BCUT2D eigenvalue weighted by atomic mass is 10.1. The summed E-state index contributed by atoms with van der Waals surface area (Å²) in [6.45, 7) is 0.957. The normalized spacial score (nSPS) is 17.9. The van der Waals surface area contributed by atoms with Crippen LogP contribution in [0.15, 0.2) is 22.9 Å². The Kier molecular flexibility index (Phi) is 2.98. The fraction of sp³-hybridized carbons (Fsp3) is 0.500. The summed E-state index contributed by atoms with van der Waals surface area (Å²) in [4.78, 5) is 4.01. The minimum Gasteiger partial charge on any atom is -0.383 e. The van der Waals surface area contributed by atoms with E-state index in [-0.39, 0.29) is 0 Å². The van der Waals surface area contributed by atoms with Gasteiger partial charge in [0.05, 0.1) is 10.2 Å². The highest BCUT2D eigenvalue weighted by Crippen LogP contribution is 2.46. The summed E-state index contributed by atoms with van der Waals surface area (Å²) < 4.78 is 1.00. The van der Waals surface area contributed by atoms with Crippen molar-refractivity contribution < 1.29 is 0 Å². The maximum Gasteiger partial charge on any atom is 0.0590 e. The number of halogens is 2. The summed E-state index contributed by atoms with van der Waals surface area (Å²) in [7, 11) is 0. The zero-order chi connectivity index (χ0) is 10.0. The highest BCUT2D eigenvalue weighted by molar-refractivity contribution is 9.10. The van der Waals surface area contributed by atoms with Crippen LogP contribution < -0.4 is 5.32 Å². The van der Waals surface area contributed by atoms with Crippen molar-refractivity contribution in [1.29, 1.82) is 0 Å². The third kappa shape index (κ3) is 2.20. The van der Waals surface area contributed by atoms with E-state index in [1.165, 1.54) is 12.8 Å². The van der Waals surface area contributed by atoms with E-state index in [4.69, 9.17) is 11.6 Å². The zero-order valence-corrected chi connectivity index (χ0v) is 10.1. The molecule has 1 fully saturated rings. The van der Waals surface area contributed by atoms with E-state index >= 15 is 0 Å². The first-order chi connectivity index (χ1) is 6.76. The SMILES string of the molecule is ClCC1(CNc2ccncc2Br)CC1. The Labute approximate surface area is 97.2 Å². The van der Waals surface area contributed by atoms with Crippen molar-refractivity contribution in [3.63, 3.8) is 0 Å². The molecule has 1 aromatic rings. The molecule has 4 heteroatoms. The van der Waals surface area contributed by atoms with Gasteiger partial charge in [-0.1, -0.05) is 0 Å². The van der Waals surface area contributed by atoms with Crippen LogP contribution >= 0.6 is 27.5 Å². The summed E-state index contributed by atoms with van der Waals surface area (Å²) in [6, 6.07) is 1.97. The molecule has 76 valence electrons. The number of alkyl halides is 1. The number of aromatic nitrogens is 1. The monoisotopic (exact) mass is 274 g/mol. The lowest BCUT2D eigenvalue weighted by molar-refractivity contribution is 0.618. The summed E-state index contributed by atoms with van der Waals surface area (Å²) in [5.41, 5.74) is 1.45. The van der Waals surface area contributed by atoms with Crippen LogP contribution in [0.1, 0.15) is 12.8 Å². The van der Waals surface area contributed by atoms with Crippen LogP contribution in [0.25, 0.3) is 0 Å². The van der Waals surface area contributed by atoms with Crippen molar-refractivity contribution in [2.45, 2.75) is 12.8 Å². The van der Waals surface area contributed by atoms with Gasteiger partial charge in [-0.05, 0) is 34.8 Å². The molecule has 1 saturated carbocycles. The van der Waals surface area contributed by atoms with Gasteiger partial charge in [-0.2, -0.15) is 0 Å². The highest BCUT2D eigenvalue weighted by Gasteiger charge is 2.41. The molecule has 0 aromatic carbocycles. The maximum absolute atomic E-state index is 5.90. The van der Waals surface area contributed by atoms with Crippen LogP contribution in [0.4, 0.5) is 5.69 Å². The van der Waals surface area contributed by atoms with Crippen molar-refractivity contribution in [2.24, 2.45) is 5.41 Å². The van der Waals surface area contributed by atoms with Gasteiger partial charge in [0.15, 0.2) is 0 Å². The molecular formula is C10H12BrClN2. The average molecular weight is 276 g/mol. The van der Waals surface area contributed by atoms with Crippen molar-refractivity contribution in [3.05, 3.63) is 22.9 Å². The van der Waals surface area contributed by atoms with Crippen LogP contribution in [0.2, 0.25) is 0 Å². The first-order valence-corrected chi connectivity index (χ1v) is 5.98. The molecule has 0 unspecified atom stereocenters. The van der Waals surface area contributed by atoms with Gasteiger partial charge in [0, 0.05) is 30.2 Å². The van der Waals surface area contributed by atoms with E-state index in [9.17, 15) is 0 Å². The Morgan fingerprint density at radius 1 is 1.57 bits per heavy atom. The molecule has 0 saturated heterocycles. The molecule has 1 N–H and O–H groups in total. The maximum atomic E-state index is 5.90. The zero-order valence-electron chi connectivity index (χ0n) is 7.76. The van der Waals surface area contributed by atoms with Crippen LogP contribution in [0.3, 0.4) is 0 Å². The fourth-order valence-electron chi connectivity index (χ4n) is 1.34. The Hall–Kier alpha value is -0.280. The van der Waals surface area contributed by atoms with Gasteiger partial charge in [-0.3, -0.25) is 4.98 Å². The number of hydrogen-bond acceptors (Lipinski definition) is 2. The molecule has 0 spiro atoms. The van der Waals surface area contributed by atoms with Gasteiger partial charge < -0.3 is 5.32 Å². The molecule has 0 amide bonds. The lowest BCUT2D eigenvalue weighted by Gasteiger charge is -2.14. The smallest absolute Gasteiger partial charge is 0.0590 e. The molecule has 1 aliphatic carbocycles. The van der Waals surface area contributed by atoms with E-state index < -0.39 is 0 Å². The molecule has 2 rings (SSSR count). The fourth-order valence-corrected chi connectivity index (χ4v) is 2.09. The number of pyridine rings is 1. The third-order valence-electron chi connectivity index (χ3n) is 2.67. The topological polar surface area (TPSA) is 24.9 Å². The standard InChI is InChI=1S/C10H12BrClN2/c11-8-5-13-4-1-9(8)14-7-10(6-12)2-3-10/h1,4-5H,2-3,6-7H2,(H,13,14). The van der Waals surface area contributed by atoms with Gasteiger partial charge >= 0.3 is 0 Å². The second kappa shape index (κ2) is 4.07. The van der Waals surface area contributed by atoms with E-state index in [0.717, 1.165) is 22.6 Å². The van der Waals surface area contributed by atoms with Crippen LogP contribution in [0, 0.1) is 5.41 Å². The van der Waals surface area contributed by atoms with E-state index in [2.05, 4.69) is 26.2 Å². The molecule has 1 aromatic heterocycles. The minimum absolute atomic E-state index is 0.351. The summed E-state index contributed by atoms with van der Waals surface area (Å²) in [5, 5.41) is 3.40. The van der Waals surface area contributed by atoms with Crippen molar-refractivity contribution in [2.75, 3.05) is 17.7 Å². The number of anilines is 1. The highest BCUT2D eigenvalue weighted by atomic mass is 79.9. The number of nitrogens with zero attached hydrogens (tertiary/aromatic N) is 1. The largest absolute Gasteiger partial charge is 0.383 e. The van der Waals surface area contributed by atoms with Gasteiger partial charge in [-0.25, -0.2) is 0 Å². The Bertz CT molecular complexity index is 326. The molecule has 0 bridgehead atoms. The van der Waals surface area contributed by atoms with Crippen LogP contribution in [-0.2, 0) is 0 Å². The van der Waals surface area contributed by atoms with E-state index in [1.807, 2.05) is 6.07 Å². The molecule has 0 radical (unpaired) electrons. The number of nitrogens with one attached hydrogen (secondary N) is 1. The number of rotatable bonds is 4. The molecule has 1 heterocycles. The van der Waals surface area contributed by atoms with E-state index in [1.54, 1.807) is 12.4 Å². The summed E-state index contributed by atoms with van der Waals surface area (Å²) in [6.07, 6.45) is 6.06. The Morgan fingerprint density at radius 3 is 2.93 bits per heavy atom.